The molecule has 5 nitrogen and oxygen atoms in total. The smallest absolute Gasteiger partial charge is 0.236 e. The lowest BCUT2D eigenvalue weighted by Gasteiger charge is -2.16. The van der Waals surface area contributed by atoms with Gasteiger partial charge >= 0.3 is 0 Å². The van der Waals surface area contributed by atoms with Crippen molar-refractivity contribution in [3.8, 4) is 0 Å². The summed E-state index contributed by atoms with van der Waals surface area (Å²) in [4.78, 5) is 0. The van der Waals surface area contributed by atoms with E-state index in [4.69, 9.17) is 15.6 Å². The van der Waals surface area contributed by atoms with E-state index in [2.05, 4.69) is 0 Å². The molecule has 0 bridgehead atoms. The summed E-state index contributed by atoms with van der Waals surface area (Å²) in [5.41, 5.74) is 5.12. The van der Waals surface area contributed by atoms with Crippen LogP contribution in [0.5, 0.6) is 0 Å². The van der Waals surface area contributed by atoms with E-state index in [1.165, 1.54) is 12.1 Å². The fraction of sp³-hybridized carbons (Fsp3) is 0.625. The van der Waals surface area contributed by atoms with Crippen molar-refractivity contribution in [2.75, 3.05) is 6.54 Å². The second-order valence-corrected chi connectivity index (χ2v) is 7.36. The first kappa shape index (κ1) is 20.0. The van der Waals surface area contributed by atoms with E-state index >= 15 is 0 Å². The predicted octanol–water partition coefficient (Wildman–Crippen LogP) is 2.65. The van der Waals surface area contributed by atoms with Gasteiger partial charge in [0, 0.05) is 0 Å². The number of ether oxygens (including phenoxy) is 1. The number of sulfonamides is 1. The molecule has 1 rings (SSSR count). The third-order valence-electron chi connectivity index (χ3n) is 3.61. The zero-order valence-corrected chi connectivity index (χ0v) is 14.2. The van der Waals surface area contributed by atoms with Gasteiger partial charge in [0.05, 0.1) is 6.61 Å². The van der Waals surface area contributed by atoms with Crippen molar-refractivity contribution in [3.63, 3.8) is 0 Å². The minimum atomic E-state index is -3.76. The molecule has 0 fully saturated rings. The van der Waals surface area contributed by atoms with Gasteiger partial charge in [-0.05, 0) is 43.5 Å². The lowest BCUT2D eigenvalue weighted by molar-refractivity contribution is 0.0847. The lowest BCUT2D eigenvalue weighted by Crippen LogP contribution is -2.31. The average molecular weight is 346 g/mol. The highest BCUT2D eigenvalue weighted by Gasteiger charge is 2.21. The van der Waals surface area contributed by atoms with Crippen LogP contribution in [0.3, 0.4) is 0 Å². The molecule has 0 saturated carbocycles. The maximum Gasteiger partial charge on any atom is 0.236 e. The third-order valence-corrected chi connectivity index (χ3v) is 4.71. The Morgan fingerprint density at radius 3 is 2.13 bits per heavy atom. The Morgan fingerprint density at radius 1 is 1.00 bits per heavy atom. The highest BCUT2D eigenvalue weighted by molar-refractivity contribution is 7.89. The number of primary sulfonamides is 1. The molecule has 0 heterocycles. The normalized spacial score (nSPS) is 13.2. The molecule has 132 valence electrons. The fourth-order valence-corrected chi connectivity index (χ4v) is 3.03. The SMILES string of the molecule is NCCCCCCCCC(OCc1ccc(F)cc1)S(N)(=O)=O. The summed E-state index contributed by atoms with van der Waals surface area (Å²) >= 11 is 0. The minimum Gasteiger partial charge on any atom is -0.356 e. The molecule has 7 heteroatoms. The number of unbranched alkanes of at least 4 members (excludes halogenated alkanes) is 5. The van der Waals surface area contributed by atoms with Crippen molar-refractivity contribution in [1.29, 1.82) is 0 Å². The summed E-state index contributed by atoms with van der Waals surface area (Å²) in [5, 5.41) is 5.22. The largest absolute Gasteiger partial charge is 0.356 e. The Morgan fingerprint density at radius 2 is 1.57 bits per heavy atom. The quantitative estimate of drug-likeness (QED) is 0.569. The number of nitrogens with two attached hydrogens (primary N) is 2. The zero-order chi connectivity index (χ0) is 17.1. The summed E-state index contributed by atoms with van der Waals surface area (Å²) in [6, 6.07) is 5.75. The molecular formula is C16H27FN2O3S. The van der Waals surface area contributed by atoms with Gasteiger partial charge < -0.3 is 10.5 Å². The van der Waals surface area contributed by atoms with Crippen LogP contribution in [0.4, 0.5) is 4.39 Å². The fourth-order valence-electron chi connectivity index (χ4n) is 2.27. The average Bonchev–Trinajstić information content (AvgIpc) is 2.49. The molecule has 1 aromatic rings. The molecule has 0 spiro atoms. The highest BCUT2D eigenvalue weighted by Crippen LogP contribution is 2.15. The Hall–Kier alpha value is -1.02. The Balaban J connectivity index is 2.34. The van der Waals surface area contributed by atoms with E-state index in [1.54, 1.807) is 12.1 Å². The number of halogens is 1. The first-order valence-corrected chi connectivity index (χ1v) is 9.62. The molecule has 4 N–H and O–H groups in total. The van der Waals surface area contributed by atoms with Gasteiger partial charge in [-0.2, -0.15) is 0 Å². The molecule has 1 aromatic carbocycles. The van der Waals surface area contributed by atoms with Crippen molar-refractivity contribution in [3.05, 3.63) is 35.6 Å². The molecule has 0 amide bonds. The number of hydrogen-bond acceptors (Lipinski definition) is 4. The molecule has 0 aliphatic carbocycles. The van der Waals surface area contributed by atoms with Crippen molar-refractivity contribution < 1.29 is 17.5 Å². The summed E-state index contributed by atoms with van der Waals surface area (Å²) in [7, 11) is -3.76. The monoisotopic (exact) mass is 346 g/mol. The van der Waals surface area contributed by atoms with Crippen molar-refractivity contribution >= 4 is 10.0 Å². The van der Waals surface area contributed by atoms with Gasteiger partial charge in [0.25, 0.3) is 0 Å². The van der Waals surface area contributed by atoms with Gasteiger partial charge in [-0.15, -0.1) is 0 Å². The second kappa shape index (κ2) is 10.7. The van der Waals surface area contributed by atoms with Crippen LogP contribution in [0.2, 0.25) is 0 Å². The first-order chi connectivity index (χ1) is 10.9. The standard InChI is InChI=1S/C16H27FN2O3S/c17-15-10-8-14(9-11-15)13-22-16(23(19,20)21)7-5-3-1-2-4-6-12-18/h8-11,16H,1-7,12-13,18H2,(H2,19,20,21). The van der Waals surface area contributed by atoms with Crippen LogP contribution in [-0.4, -0.2) is 20.4 Å². The highest BCUT2D eigenvalue weighted by atomic mass is 32.2. The summed E-state index contributed by atoms with van der Waals surface area (Å²) in [6.07, 6.45) is 6.35. The van der Waals surface area contributed by atoms with Gasteiger partial charge in [0.15, 0.2) is 5.44 Å². The van der Waals surface area contributed by atoms with E-state index in [9.17, 15) is 12.8 Å². The van der Waals surface area contributed by atoms with E-state index in [-0.39, 0.29) is 12.4 Å². The van der Waals surface area contributed by atoms with Crippen LogP contribution in [0.25, 0.3) is 0 Å². The number of hydrogen-bond donors (Lipinski definition) is 2. The van der Waals surface area contributed by atoms with Crippen LogP contribution < -0.4 is 10.9 Å². The van der Waals surface area contributed by atoms with Gasteiger partial charge in [-0.3, -0.25) is 0 Å². The van der Waals surface area contributed by atoms with Crippen LogP contribution in [0.15, 0.2) is 24.3 Å². The number of benzene rings is 1. The van der Waals surface area contributed by atoms with Crippen LogP contribution in [0.1, 0.15) is 50.5 Å². The molecule has 1 unspecified atom stereocenters. The summed E-state index contributed by atoms with van der Waals surface area (Å²) in [6.45, 7) is 0.808. The number of rotatable bonds is 12. The summed E-state index contributed by atoms with van der Waals surface area (Å²) < 4.78 is 41.4. The first-order valence-electron chi connectivity index (χ1n) is 8.01. The van der Waals surface area contributed by atoms with E-state index < -0.39 is 15.5 Å². The van der Waals surface area contributed by atoms with Gasteiger partial charge in [-0.25, -0.2) is 17.9 Å². The van der Waals surface area contributed by atoms with Gasteiger partial charge in [-0.1, -0.05) is 37.8 Å². The molecular weight excluding hydrogens is 319 g/mol. The van der Waals surface area contributed by atoms with Gasteiger partial charge in [0.1, 0.15) is 5.82 Å². The van der Waals surface area contributed by atoms with Crippen molar-refractivity contribution in [2.45, 2.75) is 57.0 Å². The second-order valence-electron chi connectivity index (χ2n) is 5.65. The van der Waals surface area contributed by atoms with E-state index in [1.807, 2.05) is 0 Å². The van der Waals surface area contributed by atoms with Crippen molar-refractivity contribution in [1.82, 2.24) is 0 Å². The van der Waals surface area contributed by atoms with Crippen LogP contribution in [0, 0.1) is 5.82 Å². The Bertz CT molecular complexity index is 535. The van der Waals surface area contributed by atoms with E-state index in [0.717, 1.165) is 38.5 Å². The molecule has 1 atom stereocenters. The van der Waals surface area contributed by atoms with Crippen LogP contribution in [-0.2, 0) is 21.4 Å². The molecule has 0 radical (unpaired) electrons. The van der Waals surface area contributed by atoms with E-state index in [0.29, 0.717) is 18.5 Å². The topological polar surface area (TPSA) is 95.4 Å². The van der Waals surface area contributed by atoms with Crippen molar-refractivity contribution in [2.24, 2.45) is 10.9 Å². The predicted molar refractivity (Wildman–Crippen MR) is 89.5 cm³/mol. The molecule has 0 aliphatic rings. The third kappa shape index (κ3) is 9.00. The summed E-state index contributed by atoms with van der Waals surface area (Å²) in [5.74, 6) is -0.341. The molecule has 0 aliphatic heterocycles. The zero-order valence-electron chi connectivity index (χ0n) is 13.4. The molecule has 0 aromatic heterocycles. The molecule has 0 saturated heterocycles. The molecule has 23 heavy (non-hydrogen) atoms. The maximum absolute atomic E-state index is 12.8. The Labute approximate surface area is 138 Å². The maximum atomic E-state index is 12.8. The van der Waals surface area contributed by atoms with Crippen LogP contribution >= 0.6 is 0 Å². The minimum absolute atomic E-state index is 0.0951. The van der Waals surface area contributed by atoms with Gasteiger partial charge in [0.2, 0.25) is 10.0 Å². The lowest BCUT2D eigenvalue weighted by atomic mass is 10.1. The Kier molecular flexibility index (Phi) is 9.31.